The first-order chi connectivity index (χ1) is 7.83. The molecule has 1 fully saturated rings. The standard InChI is InChI=1S/C12H24N2O3/c1-12(2,3)17-11(16)14-7-5-9(4-6-13)10(15)8-14/h9-10,15H,4-8,13H2,1-3H3/t9-,10-/m1/s1. The van der Waals surface area contributed by atoms with Crippen LogP contribution in [0, 0.1) is 5.92 Å². The van der Waals surface area contributed by atoms with Gasteiger partial charge in [0.15, 0.2) is 0 Å². The topological polar surface area (TPSA) is 75.8 Å². The third-order valence-electron chi connectivity index (χ3n) is 2.91. The number of carbonyl (C=O) groups is 1. The molecule has 1 saturated heterocycles. The van der Waals surface area contributed by atoms with E-state index in [1.807, 2.05) is 20.8 Å². The number of amides is 1. The predicted molar refractivity (Wildman–Crippen MR) is 65.6 cm³/mol. The highest BCUT2D eigenvalue weighted by molar-refractivity contribution is 5.68. The number of nitrogens with zero attached hydrogens (tertiary/aromatic N) is 1. The van der Waals surface area contributed by atoms with Gasteiger partial charge in [-0.2, -0.15) is 0 Å². The van der Waals surface area contributed by atoms with Crippen LogP contribution in [0.3, 0.4) is 0 Å². The molecule has 1 rings (SSSR count). The Kier molecular flexibility index (Phi) is 4.77. The van der Waals surface area contributed by atoms with Gasteiger partial charge >= 0.3 is 6.09 Å². The maximum atomic E-state index is 11.8. The van der Waals surface area contributed by atoms with E-state index in [1.54, 1.807) is 4.90 Å². The number of carbonyl (C=O) groups excluding carboxylic acids is 1. The molecule has 0 unspecified atom stereocenters. The van der Waals surface area contributed by atoms with Crippen molar-refractivity contribution in [3.63, 3.8) is 0 Å². The summed E-state index contributed by atoms with van der Waals surface area (Å²) in [5, 5.41) is 9.91. The van der Waals surface area contributed by atoms with Gasteiger partial charge in [-0.05, 0) is 46.1 Å². The molecule has 1 aliphatic heterocycles. The summed E-state index contributed by atoms with van der Waals surface area (Å²) in [5.74, 6) is 0.207. The van der Waals surface area contributed by atoms with E-state index < -0.39 is 11.7 Å². The van der Waals surface area contributed by atoms with E-state index in [0.717, 1.165) is 12.8 Å². The summed E-state index contributed by atoms with van der Waals surface area (Å²) in [5.41, 5.74) is 4.99. The zero-order valence-corrected chi connectivity index (χ0v) is 11.0. The molecular formula is C12H24N2O3. The van der Waals surface area contributed by atoms with Crippen LogP contribution in [0.2, 0.25) is 0 Å². The second-order valence-electron chi connectivity index (χ2n) is 5.62. The zero-order chi connectivity index (χ0) is 13.1. The molecule has 1 aliphatic rings. The van der Waals surface area contributed by atoms with E-state index in [1.165, 1.54) is 0 Å². The summed E-state index contributed by atoms with van der Waals surface area (Å²) in [6, 6.07) is 0. The van der Waals surface area contributed by atoms with Gasteiger partial charge in [0, 0.05) is 6.54 Å². The molecule has 5 nitrogen and oxygen atoms in total. The lowest BCUT2D eigenvalue weighted by Crippen LogP contribution is -2.48. The molecule has 3 N–H and O–H groups in total. The van der Waals surface area contributed by atoms with Crippen molar-refractivity contribution in [2.75, 3.05) is 19.6 Å². The first-order valence-corrected chi connectivity index (χ1v) is 6.19. The average Bonchev–Trinajstić information content (AvgIpc) is 2.18. The fourth-order valence-corrected chi connectivity index (χ4v) is 2.02. The Hall–Kier alpha value is -0.810. The number of nitrogens with two attached hydrogens (primary N) is 1. The molecule has 0 aromatic rings. The quantitative estimate of drug-likeness (QED) is 0.758. The molecule has 1 heterocycles. The lowest BCUT2D eigenvalue weighted by atomic mass is 9.91. The highest BCUT2D eigenvalue weighted by Gasteiger charge is 2.31. The Morgan fingerprint density at radius 3 is 2.65 bits per heavy atom. The average molecular weight is 244 g/mol. The molecule has 0 aromatic carbocycles. The van der Waals surface area contributed by atoms with Crippen LogP contribution in [0.25, 0.3) is 0 Å². The van der Waals surface area contributed by atoms with Crippen LogP contribution in [0.4, 0.5) is 4.79 Å². The van der Waals surface area contributed by atoms with Crippen molar-refractivity contribution >= 4 is 6.09 Å². The molecule has 0 spiro atoms. The smallest absolute Gasteiger partial charge is 0.410 e. The Morgan fingerprint density at radius 1 is 1.53 bits per heavy atom. The molecule has 0 bridgehead atoms. The number of aliphatic hydroxyl groups excluding tert-OH is 1. The molecule has 0 radical (unpaired) electrons. The van der Waals surface area contributed by atoms with E-state index in [4.69, 9.17) is 10.5 Å². The van der Waals surface area contributed by atoms with Crippen molar-refractivity contribution in [1.29, 1.82) is 0 Å². The Morgan fingerprint density at radius 2 is 2.18 bits per heavy atom. The number of ether oxygens (including phenoxy) is 1. The Balaban J connectivity index is 2.46. The first kappa shape index (κ1) is 14.3. The van der Waals surface area contributed by atoms with Crippen LogP contribution in [0.15, 0.2) is 0 Å². The van der Waals surface area contributed by atoms with Gasteiger partial charge in [0.05, 0.1) is 12.6 Å². The third kappa shape index (κ3) is 4.52. The van der Waals surface area contributed by atoms with E-state index in [2.05, 4.69) is 0 Å². The minimum atomic E-state index is -0.490. The largest absolute Gasteiger partial charge is 0.444 e. The van der Waals surface area contributed by atoms with Crippen molar-refractivity contribution in [2.45, 2.75) is 45.3 Å². The highest BCUT2D eigenvalue weighted by atomic mass is 16.6. The SMILES string of the molecule is CC(C)(C)OC(=O)N1CC[C@@H](CCN)[C@H](O)C1. The van der Waals surface area contributed by atoms with Gasteiger partial charge in [0.25, 0.3) is 0 Å². The second kappa shape index (κ2) is 5.69. The summed E-state index contributed by atoms with van der Waals surface area (Å²) in [6.45, 7) is 7.07. The fourth-order valence-electron chi connectivity index (χ4n) is 2.02. The summed E-state index contributed by atoms with van der Waals surface area (Å²) < 4.78 is 5.27. The summed E-state index contributed by atoms with van der Waals surface area (Å²) in [7, 11) is 0. The van der Waals surface area contributed by atoms with Crippen molar-refractivity contribution in [3.05, 3.63) is 0 Å². The fraction of sp³-hybridized carbons (Fsp3) is 0.917. The summed E-state index contributed by atoms with van der Waals surface area (Å²) >= 11 is 0. The van der Waals surface area contributed by atoms with Gasteiger partial charge in [-0.3, -0.25) is 0 Å². The molecular weight excluding hydrogens is 220 g/mol. The molecule has 5 heteroatoms. The van der Waals surface area contributed by atoms with Gasteiger partial charge < -0.3 is 20.5 Å². The van der Waals surface area contributed by atoms with E-state index in [-0.39, 0.29) is 12.0 Å². The van der Waals surface area contributed by atoms with Crippen molar-refractivity contribution in [2.24, 2.45) is 11.7 Å². The number of β-amino-alcohol motifs (C(OH)–C–C–N with tert-alkyl or cyclic N) is 1. The molecule has 0 aromatic heterocycles. The number of likely N-dealkylation sites (tertiary alicyclic amines) is 1. The number of hydrogen-bond acceptors (Lipinski definition) is 4. The Bertz CT molecular complexity index is 263. The van der Waals surface area contributed by atoms with Crippen molar-refractivity contribution in [1.82, 2.24) is 4.90 Å². The van der Waals surface area contributed by atoms with E-state index in [0.29, 0.717) is 19.6 Å². The third-order valence-corrected chi connectivity index (χ3v) is 2.91. The summed E-state index contributed by atoms with van der Waals surface area (Å²) in [6.07, 6.45) is 0.767. The maximum absolute atomic E-state index is 11.8. The number of piperidine rings is 1. The van der Waals surface area contributed by atoms with Crippen LogP contribution in [0.5, 0.6) is 0 Å². The van der Waals surface area contributed by atoms with Crippen LogP contribution >= 0.6 is 0 Å². The summed E-state index contributed by atoms with van der Waals surface area (Å²) in [4.78, 5) is 13.4. The molecule has 2 atom stereocenters. The van der Waals surface area contributed by atoms with Crippen LogP contribution < -0.4 is 5.73 Å². The minimum absolute atomic E-state index is 0.207. The molecule has 100 valence electrons. The lowest BCUT2D eigenvalue weighted by molar-refractivity contribution is -0.0135. The molecule has 1 amide bonds. The van der Waals surface area contributed by atoms with Crippen LogP contribution in [-0.4, -0.2) is 47.4 Å². The first-order valence-electron chi connectivity index (χ1n) is 6.19. The van der Waals surface area contributed by atoms with E-state index in [9.17, 15) is 9.90 Å². The monoisotopic (exact) mass is 244 g/mol. The lowest BCUT2D eigenvalue weighted by Gasteiger charge is -2.36. The molecule has 0 saturated carbocycles. The van der Waals surface area contributed by atoms with Crippen LogP contribution in [0.1, 0.15) is 33.6 Å². The van der Waals surface area contributed by atoms with Gasteiger partial charge in [-0.25, -0.2) is 4.79 Å². The second-order valence-corrected chi connectivity index (χ2v) is 5.62. The molecule has 0 aliphatic carbocycles. The zero-order valence-electron chi connectivity index (χ0n) is 11.0. The maximum Gasteiger partial charge on any atom is 0.410 e. The van der Waals surface area contributed by atoms with Gasteiger partial charge in [-0.1, -0.05) is 0 Å². The van der Waals surface area contributed by atoms with Gasteiger partial charge in [-0.15, -0.1) is 0 Å². The normalized spacial score (nSPS) is 25.8. The van der Waals surface area contributed by atoms with Gasteiger partial charge in [0.1, 0.15) is 5.60 Å². The number of hydrogen-bond donors (Lipinski definition) is 2. The van der Waals surface area contributed by atoms with Gasteiger partial charge in [0.2, 0.25) is 0 Å². The van der Waals surface area contributed by atoms with Crippen LogP contribution in [-0.2, 0) is 4.74 Å². The number of aliphatic hydroxyl groups is 1. The van der Waals surface area contributed by atoms with Crippen molar-refractivity contribution in [3.8, 4) is 0 Å². The number of rotatable bonds is 2. The minimum Gasteiger partial charge on any atom is -0.444 e. The predicted octanol–water partition coefficient (Wildman–Crippen LogP) is 0.953. The van der Waals surface area contributed by atoms with E-state index >= 15 is 0 Å². The van der Waals surface area contributed by atoms with Crippen molar-refractivity contribution < 1.29 is 14.6 Å². The highest BCUT2D eigenvalue weighted by Crippen LogP contribution is 2.22. The Labute approximate surface area is 103 Å². The molecule has 17 heavy (non-hydrogen) atoms.